The highest BCUT2D eigenvalue weighted by Gasteiger charge is 2.19. The predicted octanol–water partition coefficient (Wildman–Crippen LogP) is 1.94. The van der Waals surface area contributed by atoms with Crippen LogP contribution in [-0.2, 0) is 17.9 Å². The molecule has 5 nitrogen and oxygen atoms in total. The Morgan fingerprint density at radius 2 is 1.60 bits per heavy atom. The average molecular weight is 339 g/mol. The van der Waals surface area contributed by atoms with Gasteiger partial charge in [0, 0.05) is 38.4 Å². The molecule has 1 fully saturated rings. The minimum atomic E-state index is -0.0207. The van der Waals surface area contributed by atoms with E-state index >= 15 is 0 Å². The van der Waals surface area contributed by atoms with E-state index in [0.717, 1.165) is 44.0 Å². The van der Waals surface area contributed by atoms with Gasteiger partial charge in [-0.15, -0.1) is 0 Å². The minimum absolute atomic E-state index is 0.00778. The van der Waals surface area contributed by atoms with Gasteiger partial charge >= 0.3 is 0 Å². The number of carbonyl (C=O) groups is 1. The van der Waals surface area contributed by atoms with Crippen LogP contribution in [0.15, 0.2) is 54.6 Å². The number of hydrogen-bond acceptors (Lipinski definition) is 4. The summed E-state index contributed by atoms with van der Waals surface area (Å²) < 4.78 is 0. The molecule has 0 saturated carbocycles. The lowest BCUT2D eigenvalue weighted by Gasteiger charge is -2.34. The van der Waals surface area contributed by atoms with Crippen LogP contribution in [0.4, 0.5) is 5.69 Å². The van der Waals surface area contributed by atoms with Gasteiger partial charge in [0.1, 0.15) is 0 Å². The zero-order valence-electron chi connectivity index (χ0n) is 14.4. The molecule has 0 radical (unpaired) electrons. The Hall–Kier alpha value is -2.21. The van der Waals surface area contributed by atoms with Crippen LogP contribution in [-0.4, -0.2) is 53.5 Å². The Morgan fingerprint density at radius 3 is 2.32 bits per heavy atom. The summed E-state index contributed by atoms with van der Waals surface area (Å²) in [5, 5.41) is 12.1. The lowest BCUT2D eigenvalue weighted by atomic mass is 10.2. The predicted molar refractivity (Wildman–Crippen MR) is 99.2 cm³/mol. The molecule has 2 aromatic carbocycles. The molecule has 1 amide bonds. The zero-order chi connectivity index (χ0) is 17.5. The van der Waals surface area contributed by atoms with Crippen molar-refractivity contribution in [1.82, 2.24) is 9.80 Å². The third-order valence-corrected chi connectivity index (χ3v) is 4.47. The summed E-state index contributed by atoms with van der Waals surface area (Å²) in [7, 11) is 0. The summed E-state index contributed by atoms with van der Waals surface area (Å²) >= 11 is 0. The normalized spacial score (nSPS) is 15.9. The van der Waals surface area contributed by atoms with Gasteiger partial charge in [0.15, 0.2) is 0 Å². The van der Waals surface area contributed by atoms with Crippen molar-refractivity contribution in [3.05, 3.63) is 65.7 Å². The molecule has 1 aliphatic rings. The highest BCUT2D eigenvalue weighted by atomic mass is 16.3. The summed E-state index contributed by atoms with van der Waals surface area (Å²) in [6.45, 7) is 5.10. The van der Waals surface area contributed by atoms with Crippen LogP contribution in [0.2, 0.25) is 0 Å². The maximum atomic E-state index is 12.2. The Balaban J connectivity index is 1.43. The number of aliphatic hydroxyl groups is 1. The van der Waals surface area contributed by atoms with Gasteiger partial charge in [-0.05, 0) is 23.3 Å². The fraction of sp³-hybridized carbons (Fsp3) is 0.350. The zero-order valence-corrected chi connectivity index (χ0v) is 14.4. The van der Waals surface area contributed by atoms with Crippen LogP contribution in [0.3, 0.4) is 0 Å². The van der Waals surface area contributed by atoms with Crippen molar-refractivity contribution in [2.45, 2.75) is 13.2 Å². The number of piperazine rings is 1. The van der Waals surface area contributed by atoms with Crippen LogP contribution in [0, 0.1) is 0 Å². The monoisotopic (exact) mass is 339 g/mol. The van der Waals surface area contributed by atoms with Gasteiger partial charge in [-0.25, -0.2) is 0 Å². The van der Waals surface area contributed by atoms with E-state index in [2.05, 4.69) is 39.4 Å². The number of nitrogens with zero attached hydrogens (tertiary/aromatic N) is 2. The van der Waals surface area contributed by atoms with E-state index in [0.29, 0.717) is 6.54 Å². The number of aliphatic hydroxyl groups excluding tert-OH is 1. The third-order valence-electron chi connectivity index (χ3n) is 4.47. The van der Waals surface area contributed by atoms with Gasteiger partial charge in [-0.3, -0.25) is 14.6 Å². The molecule has 25 heavy (non-hydrogen) atoms. The van der Waals surface area contributed by atoms with Gasteiger partial charge in [0.05, 0.1) is 13.2 Å². The van der Waals surface area contributed by atoms with E-state index < -0.39 is 0 Å². The molecule has 3 rings (SSSR count). The van der Waals surface area contributed by atoms with E-state index in [9.17, 15) is 4.79 Å². The first kappa shape index (κ1) is 17.6. The maximum Gasteiger partial charge on any atom is 0.238 e. The van der Waals surface area contributed by atoms with Gasteiger partial charge < -0.3 is 10.4 Å². The summed E-state index contributed by atoms with van der Waals surface area (Å²) in [6, 6.07) is 17.8. The number of nitrogens with one attached hydrogen (secondary N) is 1. The van der Waals surface area contributed by atoms with Crippen LogP contribution >= 0.6 is 0 Å². The van der Waals surface area contributed by atoms with Crippen LogP contribution in [0.5, 0.6) is 0 Å². The summed E-state index contributed by atoms with van der Waals surface area (Å²) in [6.07, 6.45) is 0. The molecule has 132 valence electrons. The van der Waals surface area contributed by atoms with E-state index in [4.69, 9.17) is 5.11 Å². The second-order valence-electron chi connectivity index (χ2n) is 6.44. The molecule has 2 N–H and O–H groups in total. The topological polar surface area (TPSA) is 55.8 Å². The highest BCUT2D eigenvalue weighted by molar-refractivity contribution is 5.92. The first-order valence-corrected chi connectivity index (χ1v) is 8.71. The first-order valence-electron chi connectivity index (χ1n) is 8.71. The Bertz CT molecular complexity index is 682. The summed E-state index contributed by atoms with van der Waals surface area (Å²) in [4.78, 5) is 16.8. The van der Waals surface area contributed by atoms with E-state index in [1.807, 2.05) is 24.3 Å². The molecule has 1 heterocycles. The Morgan fingerprint density at radius 1 is 0.920 bits per heavy atom. The van der Waals surface area contributed by atoms with Crippen molar-refractivity contribution >= 4 is 11.6 Å². The number of anilines is 1. The summed E-state index contributed by atoms with van der Waals surface area (Å²) in [5.74, 6) is -0.00778. The van der Waals surface area contributed by atoms with Crippen LogP contribution in [0.1, 0.15) is 11.1 Å². The van der Waals surface area contributed by atoms with Crippen molar-refractivity contribution in [3.8, 4) is 0 Å². The lowest BCUT2D eigenvalue weighted by molar-refractivity contribution is -0.117. The fourth-order valence-corrected chi connectivity index (χ4v) is 3.10. The smallest absolute Gasteiger partial charge is 0.238 e. The van der Waals surface area contributed by atoms with Crippen molar-refractivity contribution in [3.63, 3.8) is 0 Å². The van der Waals surface area contributed by atoms with Gasteiger partial charge in [0.25, 0.3) is 0 Å². The number of benzene rings is 2. The van der Waals surface area contributed by atoms with E-state index in [-0.39, 0.29) is 12.5 Å². The van der Waals surface area contributed by atoms with Crippen molar-refractivity contribution in [1.29, 1.82) is 0 Å². The number of carbonyl (C=O) groups excluding carboxylic acids is 1. The standard InChI is InChI=1S/C20H25N3O2/c24-16-18-7-4-8-19(13-18)21-20(25)15-23-11-9-22(10-12-23)14-17-5-2-1-3-6-17/h1-8,13,24H,9-12,14-16H2,(H,21,25). The molecule has 2 aromatic rings. The SMILES string of the molecule is O=C(CN1CCN(Cc2ccccc2)CC1)Nc1cccc(CO)c1. The van der Waals surface area contributed by atoms with Crippen molar-refractivity contribution in [2.24, 2.45) is 0 Å². The summed E-state index contributed by atoms with van der Waals surface area (Å²) in [5.41, 5.74) is 2.86. The Labute approximate surface area is 148 Å². The molecular formula is C20H25N3O2. The van der Waals surface area contributed by atoms with Crippen LogP contribution < -0.4 is 5.32 Å². The third kappa shape index (κ3) is 5.39. The van der Waals surface area contributed by atoms with Gasteiger partial charge in [-0.2, -0.15) is 0 Å². The average Bonchev–Trinajstić information content (AvgIpc) is 2.64. The largest absolute Gasteiger partial charge is 0.392 e. The molecule has 0 atom stereocenters. The van der Waals surface area contributed by atoms with Gasteiger partial charge in [-0.1, -0.05) is 42.5 Å². The highest BCUT2D eigenvalue weighted by Crippen LogP contribution is 2.11. The number of rotatable bonds is 6. The van der Waals surface area contributed by atoms with Crippen molar-refractivity contribution < 1.29 is 9.90 Å². The van der Waals surface area contributed by atoms with E-state index in [1.165, 1.54) is 5.56 Å². The minimum Gasteiger partial charge on any atom is -0.392 e. The van der Waals surface area contributed by atoms with Gasteiger partial charge in [0.2, 0.25) is 5.91 Å². The fourth-order valence-electron chi connectivity index (χ4n) is 3.10. The lowest BCUT2D eigenvalue weighted by Crippen LogP contribution is -2.48. The van der Waals surface area contributed by atoms with E-state index in [1.54, 1.807) is 6.07 Å². The number of amides is 1. The molecule has 5 heteroatoms. The molecular weight excluding hydrogens is 314 g/mol. The quantitative estimate of drug-likeness (QED) is 0.844. The second kappa shape index (κ2) is 8.76. The number of hydrogen-bond donors (Lipinski definition) is 2. The molecule has 0 bridgehead atoms. The maximum absolute atomic E-state index is 12.2. The van der Waals surface area contributed by atoms with Crippen molar-refractivity contribution in [2.75, 3.05) is 38.0 Å². The first-order chi connectivity index (χ1) is 12.2. The molecule has 0 aromatic heterocycles. The molecule has 0 spiro atoms. The second-order valence-corrected chi connectivity index (χ2v) is 6.44. The molecule has 0 aliphatic carbocycles. The Kier molecular flexibility index (Phi) is 6.17. The molecule has 1 aliphatic heterocycles. The molecule has 1 saturated heterocycles. The molecule has 0 unspecified atom stereocenters. The van der Waals surface area contributed by atoms with Crippen LogP contribution in [0.25, 0.3) is 0 Å².